The van der Waals surface area contributed by atoms with Crippen LogP contribution in [0, 0.1) is 6.92 Å². The van der Waals surface area contributed by atoms with Crippen molar-refractivity contribution in [2.45, 2.75) is 33.2 Å². The third-order valence-corrected chi connectivity index (χ3v) is 2.38. The first kappa shape index (κ1) is 12.5. The number of aliphatic imine (C=N–C) groups is 2. The molecule has 3 nitrogen and oxygen atoms in total. The van der Waals surface area contributed by atoms with Crippen molar-refractivity contribution in [2.75, 3.05) is 0 Å². The van der Waals surface area contributed by atoms with Gasteiger partial charge in [-0.2, -0.15) is 4.99 Å². The predicted molar refractivity (Wildman–Crippen MR) is 75.8 cm³/mol. The third-order valence-electron chi connectivity index (χ3n) is 2.38. The number of hydrogen-bond donors (Lipinski definition) is 0. The second-order valence-electron chi connectivity index (χ2n) is 5.29. The van der Waals surface area contributed by atoms with Crippen LogP contribution in [-0.2, 0) is 0 Å². The fourth-order valence-electron chi connectivity index (χ4n) is 1.61. The van der Waals surface area contributed by atoms with Crippen LogP contribution < -0.4 is 0 Å². The first-order valence-corrected chi connectivity index (χ1v) is 6.00. The normalized spacial score (nSPS) is 11.1. The van der Waals surface area contributed by atoms with E-state index >= 15 is 0 Å². The SMILES string of the molecule is Cc1cc(N=C=NC(C)(C)C)c2ccccc2n1. The van der Waals surface area contributed by atoms with Crippen molar-refractivity contribution in [3.05, 3.63) is 36.0 Å². The molecule has 3 heteroatoms. The van der Waals surface area contributed by atoms with Crippen LogP contribution in [0.3, 0.4) is 0 Å². The molecule has 1 aromatic heterocycles. The summed E-state index contributed by atoms with van der Waals surface area (Å²) in [7, 11) is 0. The molecule has 1 aromatic carbocycles. The molecule has 0 unspecified atom stereocenters. The minimum atomic E-state index is -0.151. The molecular weight excluding hydrogens is 222 g/mol. The van der Waals surface area contributed by atoms with Crippen LogP contribution in [-0.4, -0.2) is 16.5 Å². The Morgan fingerprint density at radius 1 is 1.17 bits per heavy atom. The molecule has 18 heavy (non-hydrogen) atoms. The minimum absolute atomic E-state index is 0.151. The van der Waals surface area contributed by atoms with Gasteiger partial charge in [0.2, 0.25) is 0 Å². The molecule has 0 aliphatic rings. The van der Waals surface area contributed by atoms with Gasteiger partial charge in [-0.05, 0) is 39.8 Å². The zero-order valence-corrected chi connectivity index (χ0v) is 11.2. The molecule has 0 amide bonds. The molecule has 2 aromatic rings. The van der Waals surface area contributed by atoms with E-state index in [1.165, 1.54) is 0 Å². The van der Waals surface area contributed by atoms with Crippen LogP contribution in [0.15, 0.2) is 40.3 Å². The number of pyridine rings is 1. The molecular formula is C15H17N3. The average molecular weight is 239 g/mol. The largest absolute Gasteiger partial charge is 0.253 e. The number of fused-ring (bicyclic) bond motifs is 1. The number of nitrogens with zero attached hydrogens (tertiary/aromatic N) is 3. The van der Waals surface area contributed by atoms with E-state index in [0.717, 1.165) is 22.3 Å². The fourth-order valence-corrected chi connectivity index (χ4v) is 1.61. The molecule has 2 rings (SSSR count). The van der Waals surface area contributed by atoms with Crippen LogP contribution >= 0.6 is 0 Å². The Bertz CT molecular complexity index is 630. The molecule has 0 fully saturated rings. The van der Waals surface area contributed by atoms with Gasteiger partial charge in [0.1, 0.15) is 0 Å². The highest BCUT2D eigenvalue weighted by atomic mass is 14.9. The van der Waals surface area contributed by atoms with Crippen LogP contribution in [0.5, 0.6) is 0 Å². The predicted octanol–water partition coefficient (Wildman–Crippen LogP) is 4.15. The van der Waals surface area contributed by atoms with Crippen LogP contribution in [0.4, 0.5) is 5.69 Å². The maximum Gasteiger partial charge on any atom is 0.0954 e. The van der Waals surface area contributed by atoms with Crippen molar-refractivity contribution in [3.8, 4) is 0 Å². The summed E-state index contributed by atoms with van der Waals surface area (Å²) in [5, 5.41) is 1.03. The number of benzene rings is 1. The van der Waals surface area contributed by atoms with Gasteiger partial charge in [0.25, 0.3) is 0 Å². The zero-order valence-electron chi connectivity index (χ0n) is 11.2. The summed E-state index contributed by atoms with van der Waals surface area (Å²) in [4.78, 5) is 13.0. The quantitative estimate of drug-likeness (QED) is 0.689. The van der Waals surface area contributed by atoms with Crippen molar-refractivity contribution < 1.29 is 0 Å². The first-order chi connectivity index (χ1) is 8.46. The smallest absolute Gasteiger partial charge is 0.0954 e. The second-order valence-corrected chi connectivity index (χ2v) is 5.29. The Morgan fingerprint density at radius 2 is 1.89 bits per heavy atom. The highest BCUT2D eigenvalue weighted by molar-refractivity contribution is 5.90. The van der Waals surface area contributed by atoms with Crippen molar-refractivity contribution in [1.82, 2.24) is 4.98 Å². The Morgan fingerprint density at radius 3 is 2.61 bits per heavy atom. The van der Waals surface area contributed by atoms with Crippen molar-refractivity contribution in [3.63, 3.8) is 0 Å². The van der Waals surface area contributed by atoms with Crippen LogP contribution in [0.1, 0.15) is 26.5 Å². The molecule has 0 saturated heterocycles. The Balaban J connectivity index is 2.54. The lowest BCUT2D eigenvalue weighted by atomic mass is 10.1. The molecule has 0 N–H and O–H groups in total. The summed E-state index contributed by atoms with van der Waals surface area (Å²) < 4.78 is 0. The molecule has 0 atom stereocenters. The maximum absolute atomic E-state index is 4.47. The Hall–Kier alpha value is -1.99. The number of hydrogen-bond acceptors (Lipinski definition) is 3. The third kappa shape index (κ3) is 3.02. The average Bonchev–Trinajstić information content (AvgIpc) is 2.27. The van der Waals surface area contributed by atoms with Crippen molar-refractivity contribution in [2.24, 2.45) is 9.98 Å². The molecule has 0 radical (unpaired) electrons. The number of rotatable bonds is 1. The van der Waals surface area contributed by atoms with Gasteiger partial charge in [-0.3, -0.25) is 4.98 Å². The van der Waals surface area contributed by atoms with E-state index in [1.54, 1.807) is 0 Å². The van der Waals surface area contributed by atoms with Crippen LogP contribution in [0.25, 0.3) is 10.9 Å². The van der Waals surface area contributed by atoms with Gasteiger partial charge in [0.05, 0.1) is 22.8 Å². The lowest BCUT2D eigenvalue weighted by molar-refractivity contribution is 0.587. The number of para-hydroxylation sites is 1. The summed E-state index contributed by atoms with van der Waals surface area (Å²) >= 11 is 0. The first-order valence-electron chi connectivity index (χ1n) is 6.00. The Labute approximate surface area is 107 Å². The van der Waals surface area contributed by atoms with E-state index in [0.29, 0.717) is 0 Å². The summed E-state index contributed by atoms with van der Waals surface area (Å²) in [6, 6.07) is 12.7. The van der Waals surface area contributed by atoms with Crippen molar-refractivity contribution in [1.29, 1.82) is 0 Å². The highest BCUT2D eigenvalue weighted by Crippen LogP contribution is 2.25. The molecule has 0 aliphatic heterocycles. The lowest BCUT2D eigenvalue weighted by Crippen LogP contribution is -2.07. The van der Waals surface area contributed by atoms with Crippen LogP contribution in [0.2, 0.25) is 0 Å². The summed E-state index contributed by atoms with van der Waals surface area (Å²) in [5.41, 5.74) is 2.62. The maximum atomic E-state index is 4.47. The monoisotopic (exact) mass is 239 g/mol. The van der Waals surface area contributed by atoms with Crippen molar-refractivity contribution >= 4 is 22.6 Å². The van der Waals surface area contributed by atoms with Gasteiger partial charge in [-0.15, -0.1) is 0 Å². The minimum Gasteiger partial charge on any atom is -0.253 e. The Kier molecular flexibility index (Phi) is 3.26. The van der Waals surface area contributed by atoms with E-state index in [-0.39, 0.29) is 5.54 Å². The molecule has 0 saturated carbocycles. The van der Waals surface area contributed by atoms with Gasteiger partial charge in [0, 0.05) is 11.1 Å². The highest BCUT2D eigenvalue weighted by Gasteiger charge is 2.05. The van der Waals surface area contributed by atoms with Gasteiger partial charge >= 0.3 is 0 Å². The van der Waals surface area contributed by atoms with Gasteiger partial charge in [0.15, 0.2) is 0 Å². The van der Waals surface area contributed by atoms with E-state index in [2.05, 4.69) is 21.0 Å². The fraction of sp³-hybridized carbons (Fsp3) is 0.333. The van der Waals surface area contributed by atoms with Gasteiger partial charge in [-0.25, -0.2) is 4.99 Å². The lowest BCUT2D eigenvalue weighted by Gasteiger charge is -2.07. The summed E-state index contributed by atoms with van der Waals surface area (Å²) in [6.45, 7) is 8.02. The molecule has 0 spiro atoms. The van der Waals surface area contributed by atoms with E-state index in [1.807, 2.05) is 58.0 Å². The standard InChI is InChI=1S/C15H17N3/c1-11-9-14(16-10-17-15(2,3)4)12-7-5-6-8-13(12)18-11/h5-9H,1-4H3. The van der Waals surface area contributed by atoms with E-state index in [9.17, 15) is 0 Å². The number of aromatic nitrogens is 1. The molecule has 0 bridgehead atoms. The topological polar surface area (TPSA) is 37.6 Å². The molecule has 0 aliphatic carbocycles. The second kappa shape index (κ2) is 4.71. The van der Waals surface area contributed by atoms with E-state index in [4.69, 9.17) is 0 Å². The molecule has 92 valence electrons. The van der Waals surface area contributed by atoms with Gasteiger partial charge in [-0.1, -0.05) is 18.2 Å². The summed E-state index contributed by atoms with van der Waals surface area (Å²) in [5.74, 6) is 0. The zero-order chi connectivity index (χ0) is 13.2. The van der Waals surface area contributed by atoms with Gasteiger partial charge < -0.3 is 0 Å². The number of aryl methyl sites for hydroxylation is 1. The van der Waals surface area contributed by atoms with E-state index < -0.39 is 0 Å². The molecule has 1 heterocycles. The summed E-state index contributed by atoms with van der Waals surface area (Å²) in [6.07, 6.45) is 0.